The number of ether oxygens (including phenoxy) is 1. The van der Waals surface area contributed by atoms with Crippen LogP contribution in [0.3, 0.4) is 0 Å². The van der Waals surface area contributed by atoms with Gasteiger partial charge in [0.15, 0.2) is 0 Å². The lowest BCUT2D eigenvalue weighted by atomic mass is 10.0. The standard InChI is InChI=1S/C11H22O2/c1-4-5-8-11(13-3)10(2)7-6-9-12/h7,11-12H,4-6,8-9H2,1-3H3/b10-7+. The van der Waals surface area contributed by atoms with E-state index in [1.54, 1.807) is 7.11 Å². The minimum absolute atomic E-state index is 0.224. The largest absolute Gasteiger partial charge is 0.396 e. The Morgan fingerprint density at radius 3 is 2.69 bits per heavy atom. The van der Waals surface area contributed by atoms with Crippen molar-refractivity contribution in [2.75, 3.05) is 13.7 Å². The molecule has 2 heteroatoms. The van der Waals surface area contributed by atoms with Gasteiger partial charge < -0.3 is 9.84 Å². The van der Waals surface area contributed by atoms with Crippen molar-refractivity contribution in [2.45, 2.75) is 45.6 Å². The highest BCUT2D eigenvalue weighted by atomic mass is 16.5. The van der Waals surface area contributed by atoms with Crippen LogP contribution >= 0.6 is 0 Å². The van der Waals surface area contributed by atoms with Gasteiger partial charge in [0.2, 0.25) is 0 Å². The lowest BCUT2D eigenvalue weighted by Gasteiger charge is -2.15. The molecule has 0 aliphatic carbocycles. The van der Waals surface area contributed by atoms with Crippen LogP contribution < -0.4 is 0 Å². The number of hydrogen-bond donors (Lipinski definition) is 1. The molecule has 0 spiro atoms. The van der Waals surface area contributed by atoms with Gasteiger partial charge in [-0.15, -0.1) is 0 Å². The molecule has 0 rings (SSSR count). The molecule has 13 heavy (non-hydrogen) atoms. The molecule has 0 fully saturated rings. The van der Waals surface area contributed by atoms with E-state index in [4.69, 9.17) is 9.84 Å². The van der Waals surface area contributed by atoms with Crippen LogP contribution in [0.25, 0.3) is 0 Å². The second-order valence-electron chi connectivity index (χ2n) is 3.33. The molecule has 0 amide bonds. The number of methoxy groups -OCH3 is 1. The number of rotatable bonds is 7. The minimum atomic E-state index is 0.224. The van der Waals surface area contributed by atoms with E-state index < -0.39 is 0 Å². The molecule has 0 aromatic rings. The number of hydrogen-bond acceptors (Lipinski definition) is 2. The van der Waals surface area contributed by atoms with E-state index in [0.717, 1.165) is 12.8 Å². The van der Waals surface area contributed by atoms with Crippen LogP contribution in [0.1, 0.15) is 39.5 Å². The van der Waals surface area contributed by atoms with Crippen molar-refractivity contribution in [3.63, 3.8) is 0 Å². The van der Waals surface area contributed by atoms with E-state index >= 15 is 0 Å². The molecular formula is C11H22O2. The fourth-order valence-electron chi connectivity index (χ4n) is 1.34. The topological polar surface area (TPSA) is 29.5 Å². The van der Waals surface area contributed by atoms with E-state index in [-0.39, 0.29) is 12.7 Å². The van der Waals surface area contributed by atoms with Crippen LogP contribution in [0.5, 0.6) is 0 Å². The molecule has 0 aliphatic heterocycles. The lowest BCUT2D eigenvalue weighted by molar-refractivity contribution is 0.121. The van der Waals surface area contributed by atoms with Gasteiger partial charge in [-0.05, 0) is 25.3 Å². The molecule has 0 bridgehead atoms. The fourth-order valence-corrected chi connectivity index (χ4v) is 1.34. The van der Waals surface area contributed by atoms with Crippen LogP contribution in [0, 0.1) is 0 Å². The quantitative estimate of drug-likeness (QED) is 0.619. The molecule has 0 aromatic heterocycles. The Morgan fingerprint density at radius 2 is 2.23 bits per heavy atom. The summed E-state index contributed by atoms with van der Waals surface area (Å²) < 4.78 is 5.36. The third kappa shape index (κ3) is 5.83. The molecule has 0 saturated heterocycles. The Labute approximate surface area is 81.6 Å². The van der Waals surface area contributed by atoms with E-state index in [1.165, 1.54) is 18.4 Å². The second kappa shape index (κ2) is 8.27. The van der Waals surface area contributed by atoms with Crippen molar-refractivity contribution >= 4 is 0 Å². The predicted molar refractivity (Wildman–Crippen MR) is 55.8 cm³/mol. The van der Waals surface area contributed by atoms with Gasteiger partial charge in [-0.25, -0.2) is 0 Å². The summed E-state index contributed by atoms with van der Waals surface area (Å²) in [5.74, 6) is 0. The summed E-state index contributed by atoms with van der Waals surface area (Å²) in [6, 6.07) is 0. The van der Waals surface area contributed by atoms with Gasteiger partial charge in [0.1, 0.15) is 0 Å². The second-order valence-corrected chi connectivity index (χ2v) is 3.33. The van der Waals surface area contributed by atoms with Crippen LogP contribution in [-0.2, 0) is 4.74 Å². The average molecular weight is 186 g/mol. The van der Waals surface area contributed by atoms with Crippen molar-refractivity contribution < 1.29 is 9.84 Å². The third-order valence-corrected chi connectivity index (χ3v) is 2.21. The van der Waals surface area contributed by atoms with Gasteiger partial charge in [0.05, 0.1) is 6.10 Å². The number of aliphatic hydroxyl groups excluding tert-OH is 1. The molecule has 0 aromatic carbocycles. The average Bonchev–Trinajstić information content (AvgIpc) is 2.16. The number of unbranched alkanes of at least 4 members (excludes halogenated alkanes) is 1. The van der Waals surface area contributed by atoms with Gasteiger partial charge in [-0.2, -0.15) is 0 Å². The van der Waals surface area contributed by atoms with Gasteiger partial charge in [0, 0.05) is 13.7 Å². The summed E-state index contributed by atoms with van der Waals surface area (Å²) in [7, 11) is 1.75. The molecule has 0 saturated carbocycles. The zero-order valence-corrected chi connectivity index (χ0v) is 9.05. The summed E-state index contributed by atoms with van der Waals surface area (Å²) in [4.78, 5) is 0. The Kier molecular flexibility index (Phi) is 8.05. The molecule has 0 heterocycles. The summed E-state index contributed by atoms with van der Waals surface area (Å²) in [6.07, 6.45) is 6.52. The van der Waals surface area contributed by atoms with Crippen molar-refractivity contribution in [1.29, 1.82) is 0 Å². The third-order valence-electron chi connectivity index (χ3n) is 2.21. The molecule has 2 nitrogen and oxygen atoms in total. The molecule has 1 atom stereocenters. The number of aliphatic hydroxyl groups is 1. The monoisotopic (exact) mass is 186 g/mol. The molecular weight excluding hydrogens is 164 g/mol. The summed E-state index contributed by atoms with van der Waals surface area (Å²) >= 11 is 0. The first-order chi connectivity index (χ1) is 6.26. The maximum absolute atomic E-state index is 8.66. The lowest BCUT2D eigenvalue weighted by Crippen LogP contribution is -2.11. The van der Waals surface area contributed by atoms with Crippen LogP contribution in [0.2, 0.25) is 0 Å². The van der Waals surface area contributed by atoms with Crippen molar-refractivity contribution in [1.82, 2.24) is 0 Å². The van der Waals surface area contributed by atoms with E-state index in [0.29, 0.717) is 0 Å². The Bertz CT molecular complexity index is 141. The fraction of sp³-hybridized carbons (Fsp3) is 0.818. The molecule has 0 radical (unpaired) electrons. The van der Waals surface area contributed by atoms with Crippen molar-refractivity contribution in [2.24, 2.45) is 0 Å². The van der Waals surface area contributed by atoms with Crippen LogP contribution in [0.4, 0.5) is 0 Å². The Hall–Kier alpha value is -0.340. The van der Waals surface area contributed by atoms with E-state index in [1.807, 2.05) is 0 Å². The van der Waals surface area contributed by atoms with Gasteiger partial charge >= 0.3 is 0 Å². The maximum Gasteiger partial charge on any atom is 0.0778 e. The summed E-state index contributed by atoms with van der Waals surface area (Å²) in [6.45, 7) is 4.47. The smallest absolute Gasteiger partial charge is 0.0778 e. The van der Waals surface area contributed by atoms with E-state index in [9.17, 15) is 0 Å². The molecule has 1 unspecified atom stereocenters. The zero-order valence-electron chi connectivity index (χ0n) is 9.05. The first-order valence-corrected chi connectivity index (χ1v) is 5.06. The zero-order chi connectivity index (χ0) is 10.1. The van der Waals surface area contributed by atoms with Gasteiger partial charge in [-0.1, -0.05) is 25.8 Å². The SMILES string of the molecule is CCCCC(OC)/C(C)=C/CCO. The first kappa shape index (κ1) is 12.7. The molecule has 1 N–H and O–H groups in total. The van der Waals surface area contributed by atoms with Gasteiger partial charge in [0.25, 0.3) is 0 Å². The Balaban J connectivity index is 3.90. The van der Waals surface area contributed by atoms with Crippen molar-refractivity contribution in [3.8, 4) is 0 Å². The van der Waals surface area contributed by atoms with Crippen LogP contribution in [0.15, 0.2) is 11.6 Å². The highest BCUT2D eigenvalue weighted by Crippen LogP contribution is 2.13. The maximum atomic E-state index is 8.66. The summed E-state index contributed by atoms with van der Waals surface area (Å²) in [5.41, 5.74) is 1.24. The normalized spacial score (nSPS) is 14.6. The minimum Gasteiger partial charge on any atom is -0.396 e. The predicted octanol–water partition coefficient (Wildman–Crippen LogP) is 2.52. The first-order valence-electron chi connectivity index (χ1n) is 5.06. The summed E-state index contributed by atoms with van der Waals surface area (Å²) in [5, 5.41) is 8.66. The van der Waals surface area contributed by atoms with E-state index in [2.05, 4.69) is 19.9 Å². The highest BCUT2D eigenvalue weighted by molar-refractivity contribution is 5.04. The molecule has 0 aliphatic rings. The Morgan fingerprint density at radius 1 is 1.54 bits per heavy atom. The van der Waals surface area contributed by atoms with Crippen LogP contribution in [-0.4, -0.2) is 24.9 Å². The highest BCUT2D eigenvalue weighted by Gasteiger charge is 2.07. The van der Waals surface area contributed by atoms with Crippen molar-refractivity contribution in [3.05, 3.63) is 11.6 Å². The molecule has 78 valence electrons. The van der Waals surface area contributed by atoms with Gasteiger partial charge in [-0.3, -0.25) is 0 Å².